The van der Waals surface area contributed by atoms with E-state index in [1.165, 1.54) is 11.8 Å². The number of ether oxygens (including phenoxy) is 1. The van der Waals surface area contributed by atoms with E-state index in [1.807, 2.05) is 0 Å². The largest absolute Gasteiger partial charge is 0.379 e. The van der Waals surface area contributed by atoms with Crippen molar-refractivity contribution < 1.29 is 27.5 Å². The topological polar surface area (TPSA) is 61.9 Å². The van der Waals surface area contributed by atoms with Crippen LogP contribution in [-0.4, -0.2) is 67.6 Å². The van der Waals surface area contributed by atoms with Gasteiger partial charge in [-0.3, -0.25) is 14.5 Å². The van der Waals surface area contributed by atoms with Crippen molar-refractivity contribution in [2.75, 3.05) is 51.3 Å². The van der Waals surface area contributed by atoms with E-state index in [2.05, 4.69) is 10.2 Å². The quantitative estimate of drug-likeness (QED) is 0.738. The molecule has 6 nitrogen and oxygen atoms in total. The first kappa shape index (κ1) is 20.2. The third-order valence-electron chi connectivity index (χ3n) is 4.15. The van der Waals surface area contributed by atoms with Gasteiger partial charge in [0.15, 0.2) is 17.5 Å². The van der Waals surface area contributed by atoms with Crippen molar-refractivity contribution in [3.05, 3.63) is 29.6 Å². The molecule has 9 heteroatoms. The van der Waals surface area contributed by atoms with Gasteiger partial charge in [-0.2, -0.15) is 0 Å². The first-order valence-electron chi connectivity index (χ1n) is 8.37. The second-order valence-corrected chi connectivity index (χ2v) is 5.98. The number of anilines is 1. The van der Waals surface area contributed by atoms with Crippen molar-refractivity contribution in [1.82, 2.24) is 9.80 Å². The molecule has 2 amide bonds. The standard InChI is InChI=1S/C17H22F3N3O3/c1-12(24)23(7-6-22-8-10-26-11-9-22)5-4-15(25)21-14-3-2-13(18)16(19)17(14)20/h2-3H,4-11H2,1H3,(H,21,25). The summed E-state index contributed by atoms with van der Waals surface area (Å²) in [7, 11) is 0. The lowest BCUT2D eigenvalue weighted by Crippen LogP contribution is -2.43. The van der Waals surface area contributed by atoms with Gasteiger partial charge in [0.1, 0.15) is 0 Å². The average Bonchev–Trinajstić information content (AvgIpc) is 2.62. The molecule has 0 spiro atoms. The molecule has 1 aliphatic heterocycles. The fourth-order valence-electron chi connectivity index (χ4n) is 2.59. The van der Waals surface area contributed by atoms with Crippen molar-refractivity contribution in [3.63, 3.8) is 0 Å². The maximum atomic E-state index is 13.6. The summed E-state index contributed by atoms with van der Waals surface area (Å²) in [6, 6.07) is 1.69. The highest BCUT2D eigenvalue weighted by Gasteiger charge is 2.17. The number of benzene rings is 1. The Balaban J connectivity index is 1.83. The molecule has 144 valence electrons. The molecule has 1 fully saturated rings. The van der Waals surface area contributed by atoms with Crippen LogP contribution in [0.1, 0.15) is 13.3 Å². The first-order chi connectivity index (χ1) is 12.4. The van der Waals surface area contributed by atoms with Gasteiger partial charge in [-0.25, -0.2) is 13.2 Å². The second-order valence-electron chi connectivity index (χ2n) is 5.98. The van der Waals surface area contributed by atoms with Crippen molar-refractivity contribution in [1.29, 1.82) is 0 Å². The molecule has 1 heterocycles. The van der Waals surface area contributed by atoms with E-state index in [-0.39, 0.29) is 18.9 Å². The van der Waals surface area contributed by atoms with Crippen LogP contribution in [0.15, 0.2) is 12.1 Å². The number of amides is 2. The molecule has 1 aliphatic rings. The first-order valence-corrected chi connectivity index (χ1v) is 8.37. The zero-order valence-corrected chi connectivity index (χ0v) is 14.6. The minimum absolute atomic E-state index is 0.0822. The summed E-state index contributed by atoms with van der Waals surface area (Å²) in [6.45, 7) is 5.58. The van der Waals surface area contributed by atoms with Gasteiger partial charge in [0.05, 0.1) is 18.9 Å². The average molecular weight is 373 g/mol. The summed E-state index contributed by atoms with van der Waals surface area (Å²) in [6.07, 6.45) is -0.0822. The van der Waals surface area contributed by atoms with E-state index in [1.54, 1.807) is 0 Å². The minimum atomic E-state index is -1.64. The number of halogens is 3. The Morgan fingerprint density at radius 3 is 2.50 bits per heavy atom. The molecular formula is C17H22F3N3O3. The molecular weight excluding hydrogens is 351 g/mol. The van der Waals surface area contributed by atoms with Gasteiger partial charge in [-0.1, -0.05) is 0 Å². The van der Waals surface area contributed by atoms with Gasteiger partial charge < -0.3 is 15.0 Å². The lowest BCUT2D eigenvalue weighted by Gasteiger charge is -2.29. The lowest BCUT2D eigenvalue weighted by atomic mass is 10.2. The number of hydrogen-bond donors (Lipinski definition) is 1. The number of carbonyl (C=O) groups excluding carboxylic acids is 2. The van der Waals surface area contributed by atoms with E-state index in [9.17, 15) is 22.8 Å². The maximum Gasteiger partial charge on any atom is 0.226 e. The number of morpholine rings is 1. The van der Waals surface area contributed by atoms with Crippen LogP contribution in [0.25, 0.3) is 0 Å². The highest BCUT2D eigenvalue weighted by Crippen LogP contribution is 2.19. The lowest BCUT2D eigenvalue weighted by molar-refractivity contribution is -0.129. The number of rotatable bonds is 7. The number of nitrogens with one attached hydrogen (secondary N) is 1. The summed E-state index contributed by atoms with van der Waals surface area (Å²) in [5.41, 5.74) is -0.434. The van der Waals surface area contributed by atoms with Crippen molar-refractivity contribution in [3.8, 4) is 0 Å². The summed E-state index contributed by atoms with van der Waals surface area (Å²) in [5, 5.41) is 2.19. The Morgan fingerprint density at radius 2 is 1.85 bits per heavy atom. The summed E-state index contributed by atoms with van der Waals surface area (Å²) >= 11 is 0. The molecule has 0 aliphatic carbocycles. The molecule has 0 aromatic heterocycles. The van der Waals surface area contributed by atoms with E-state index < -0.39 is 29.0 Å². The predicted molar refractivity (Wildman–Crippen MR) is 89.1 cm³/mol. The number of carbonyl (C=O) groups is 2. The molecule has 1 N–H and O–H groups in total. The molecule has 1 aromatic carbocycles. The molecule has 0 saturated carbocycles. The Bertz CT molecular complexity index is 652. The molecule has 2 rings (SSSR count). The number of hydrogen-bond acceptors (Lipinski definition) is 4. The van der Waals surface area contributed by atoms with Crippen LogP contribution in [0.4, 0.5) is 18.9 Å². The highest BCUT2D eigenvalue weighted by atomic mass is 19.2. The predicted octanol–water partition coefficient (Wildman–Crippen LogP) is 1.61. The van der Waals surface area contributed by atoms with E-state index in [0.29, 0.717) is 26.3 Å². The molecule has 0 bridgehead atoms. The van der Waals surface area contributed by atoms with E-state index >= 15 is 0 Å². The molecule has 0 unspecified atom stereocenters. The van der Waals surface area contributed by atoms with Gasteiger partial charge in [0, 0.05) is 46.1 Å². The second kappa shape index (κ2) is 9.54. The summed E-state index contributed by atoms with van der Waals surface area (Å²) in [5.74, 6) is -5.18. The fraction of sp³-hybridized carbons (Fsp3) is 0.529. The maximum absolute atomic E-state index is 13.6. The van der Waals surface area contributed by atoms with Crippen LogP contribution in [0.3, 0.4) is 0 Å². The zero-order chi connectivity index (χ0) is 19.1. The van der Waals surface area contributed by atoms with Crippen LogP contribution in [-0.2, 0) is 14.3 Å². The van der Waals surface area contributed by atoms with Gasteiger partial charge in [0.25, 0.3) is 0 Å². The van der Waals surface area contributed by atoms with Gasteiger partial charge in [-0.05, 0) is 12.1 Å². The summed E-state index contributed by atoms with van der Waals surface area (Å²) < 4.78 is 44.9. The molecule has 1 aromatic rings. The molecule has 26 heavy (non-hydrogen) atoms. The van der Waals surface area contributed by atoms with E-state index in [4.69, 9.17) is 4.74 Å². The Kier molecular flexibility index (Phi) is 7.40. The van der Waals surface area contributed by atoms with Crippen molar-refractivity contribution in [2.24, 2.45) is 0 Å². The Morgan fingerprint density at radius 1 is 1.15 bits per heavy atom. The van der Waals surface area contributed by atoms with Crippen molar-refractivity contribution in [2.45, 2.75) is 13.3 Å². The third-order valence-corrected chi connectivity index (χ3v) is 4.15. The monoisotopic (exact) mass is 373 g/mol. The normalized spacial score (nSPS) is 14.9. The SMILES string of the molecule is CC(=O)N(CCC(=O)Nc1ccc(F)c(F)c1F)CCN1CCOCC1. The van der Waals surface area contributed by atoms with Gasteiger partial charge in [0.2, 0.25) is 11.8 Å². The van der Waals surface area contributed by atoms with Gasteiger partial charge in [-0.15, -0.1) is 0 Å². The van der Waals surface area contributed by atoms with Gasteiger partial charge >= 0.3 is 0 Å². The molecule has 0 atom stereocenters. The molecule has 1 saturated heterocycles. The van der Waals surface area contributed by atoms with Crippen LogP contribution in [0.2, 0.25) is 0 Å². The van der Waals surface area contributed by atoms with Crippen LogP contribution < -0.4 is 5.32 Å². The van der Waals surface area contributed by atoms with Crippen LogP contribution in [0.5, 0.6) is 0 Å². The highest BCUT2D eigenvalue weighted by molar-refractivity contribution is 5.91. The van der Waals surface area contributed by atoms with Crippen molar-refractivity contribution >= 4 is 17.5 Å². The zero-order valence-electron chi connectivity index (χ0n) is 14.6. The smallest absolute Gasteiger partial charge is 0.226 e. The third kappa shape index (κ3) is 5.70. The fourth-order valence-corrected chi connectivity index (χ4v) is 2.59. The summed E-state index contributed by atoms with van der Waals surface area (Å²) in [4.78, 5) is 27.3. The van der Waals surface area contributed by atoms with Crippen LogP contribution in [0, 0.1) is 17.5 Å². The Labute approximate surface area is 149 Å². The van der Waals surface area contributed by atoms with E-state index in [0.717, 1.165) is 25.2 Å². The molecule has 0 radical (unpaired) electrons. The Hall–Kier alpha value is -2.13. The minimum Gasteiger partial charge on any atom is -0.379 e. The van der Waals surface area contributed by atoms with Crippen LogP contribution >= 0.6 is 0 Å². The number of nitrogens with zero attached hydrogens (tertiary/aromatic N) is 2.